The van der Waals surface area contributed by atoms with Gasteiger partial charge in [-0.2, -0.15) is 0 Å². The lowest BCUT2D eigenvalue weighted by Gasteiger charge is -2.38. The summed E-state index contributed by atoms with van der Waals surface area (Å²) in [5.74, 6) is 2.59. The van der Waals surface area contributed by atoms with Crippen LogP contribution in [0, 0.1) is 0 Å². The van der Waals surface area contributed by atoms with Crippen LogP contribution in [0.4, 0.5) is 0 Å². The van der Waals surface area contributed by atoms with Crippen LogP contribution in [-0.4, -0.2) is 31.8 Å². The largest absolute Gasteiger partial charge is 0.497 e. The topological polar surface area (TPSA) is 66.0 Å². The van der Waals surface area contributed by atoms with Gasteiger partial charge in [-0.1, -0.05) is 13.0 Å². The van der Waals surface area contributed by atoms with Crippen molar-refractivity contribution in [2.45, 2.75) is 51.4 Å². The van der Waals surface area contributed by atoms with Gasteiger partial charge in [0, 0.05) is 24.1 Å². The zero-order valence-electron chi connectivity index (χ0n) is 17.7. The number of fused-ring (bicyclic) bond motifs is 1. The average Bonchev–Trinajstić information content (AvgIpc) is 2.70. The van der Waals surface area contributed by atoms with Crippen LogP contribution in [0.1, 0.15) is 45.2 Å². The Balaban J connectivity index is 1.77. The standard InChI is InChI=1S/C23H29NO5/c1-6-20(28-17-9-7-8-15(12-17)26-4)22(25)24-19-14-23(2,3)29-21-13-16(27-5)10-11-18(19)21/h7-13,19-20H,6,14H2,1-5H3,(H,24,25)/t19-,20-/m1/s1. The lowest BCUT2D eigenvalue weighted by Crippen LogP contribution is -2.45. The summed E-state index contributed by atoms with van der Waals surface area (Å²) >= 11 is 0. The number of hydrogen-bond acceptors (Lipinski definition) is 5. The number of benzene rings is 2. The van der Waals surface area contributed by atoms with Gasteiger partial charge in [0.1, 0.15) is 28.6 Å². The molecule has 156 valence electrons. The Morgan fingerprint density at radius 1 is 1.14 bits per heavy atom. The van der Waals surface area contributed by atoms with Crippen molar-refractivity contribution in [3.8, 4) is 23.0 Å². The molecule has 1 N–H and O–H groups in total. The predicted molar refractivity (Wildman–Crippen MR) is 111 cm³/mol. The molecular formula is C23H29NO5. The number of amides is 1. The van der Waals surface area contributed by atoms with Gasteiger partial charge in [-0.05, 0) is 44.5 Å². The highest BCUT2D eigenvalue weighted by Crippen LogP contribution is 2.41. The van der Waals surface area contributed by atoms with Crippen molar-refractivity contribution in [3.05, 3.63) is 48.0 Å². The van der Waals surface area contributed by atoms with Gasteiger partial charge < -0.3 is 24.3 Å². The Bertz CT molecular complexity index is 864. The van der Waals surface area contributed by atoms with Gasteiger partial charge in [0.2, 0.25) is 0 Å². The number of nitrogens with one attached hydrogen (secondary N) is 1. The summed E-state index contributed by atoms with van der Waals surface area (Å²) in [6, 6.07) is 12.8. The molecule has 2 aromatic rings. The quantitative estimate of drug-likeness (QED) is 0.753. The maximum absolute atomic E-state index is 13.0. The molecule has 2 atom stereocenters. The van der Waals surface area contributed by atoms with Crippen molar-refractivity contribution in [1.82, 2.24) is 5.32 Å². The van der Waals surface area contributed by atoms with Gasteiger partial charge >= 0.3 is 0 Å². The lowest BCUT2D eigenvalue weighted by atomic mass is 9.89. The Hall–Kier alpha value is -2.89. The maximum atomic E-state index is 13.0. The van der Waals surface area contributed by atoms with Gasteiger partial charge in [0.15, 0.2) is 6.10 Å². The number of rotatable bonds is 7. The minimum Gasteiger partial charge on any atom is -0.497 e. The first-order chi connectivity index (χ1) is 13.8. The highest BCUT2D eigenvalue weighted by atomic mass is 16.5. The minimum absolute atomic E-state index is 0.153. The lowest BCUT2D eigenvalue weighted by molar-refractivity contribution is -0.129. The molecule has 6 heteroatoms. The van der Waals surface area contributed by atoms with Crippen molar-refractivity contribution in [2.75, 3.05) is 14.2 Å². The van der Waals surface area contributed by atoms with Crippen LogP contribution in [-0.2, 0) is 4.79 Å². The van der Waals surface area contributed by atoms with E-state index in [9.17, 15) is 4.79 Å². The van der Waals surface area contributed by atoms with Gasteiger partial charge in [-0.15, -0.1) is 0 Å². The molecule has 0 aliphatic carbocycles. The molecule has 0 radical (unpaired) electrons. The molecule has 3 rings (SSSR count). The van der Waals surface area contributed by atoms with E-state index in [0.717, 1.165) is 17.1 Å². The van der Waals surface area contributed by atoms with Crippen LogP contribution in [0.2, 0.25) is 0 Å². The van der Waals surface area contributed by atoms with E-state index in [1.165, 1.54) is 0 Å². The Kier molecular flexibility index (Phi) is 6.20. The number of ether oxygens (including phenoxy) is 4. The zero-order valence-corrected chi connectivity index (χ0v) is 17.7. The summed E-state index contributed by atoms with van der Waals surface area (Å²) in [5, 5.41) is 3.15. The van der Waals surface area contributed by atoms with Crippen LogP contribution in [0.15, 0.2) is 42.5 Å². The first kappa shape index (κ1) is 20.8. The molecule has 0 saturated carbocycles. The first-order valence-electron chi connectivity index (χ1n) is 9.83. The molecule has 0 aromatic heterocycles. The molecule has 1 aliphatic heterocycles. The fourth-order valence-electron chi connectivity index (χ4n) is 3.51. The normalized spacial score (nSPS) is 18.0. The van der Waals surface area contributed by atoms with E-state index in [0.29, 0.717) is 24.3 Å². The van der Waals surface area contributed by atoms with E-state index < -0.39 is 11.7 Å². The molecule has 0 bridgehead atoms. The summed E-state index contributed by atoms with van der Waals surface area (Å²) in [6.45, 7) is 5.95. The number of carbonyl (C=O) groups is 1. The molecule has 0 unspecified atom stereocenters. The third kappa shape index (κ3) is 4.94. The van der Waals surface area contributed by atoms with E-state index in [4.69, 9.17) is 18.9 Å². The summed E-state index contributed by atoms with van der Waals surface area (Å²) in [4.78, 5) is 13.0. The average molecular weight is 399 g/mol. The van der Waals surface area contributed by atoms with E-state index >= 15 is 0 Å². The van der Waals surface area contributed by atoms with Crippen LogP contribution >= 0.6 is 0 Å². The molecule has 1 aliphatic rings. The van der Waals surface area contributed by atoms with Crippen molar-refractivity contribution < 1.29 is 23.7 Å². The highest BCUT2D eigenvalue weighted by molar-refractivity contribution is 5.81. The number of methoxy groups -OCH3 is 2. The molecule has 1 heterocycles. The van der Waals surface area contributed by atoms with Gasteiger partial charge in [0.25, 0.3) is 5.91 Å². The maximum Gasteiger partial charge on any atom is 0.261 e. The molecule has 2 aromatic carbocycles. The Morgan fingerprint density at radius 3 is 2.52 bits per heavy atom. The molecule has 0 saturated heterocycles. The smallest absolute Gasteiger partial charge is 0.261 e. The van der Waals surface area contributed by atoms with Crippen molar-refractivity contribution >= 4 is 5.91 Å². The third-order valence-corrected chi connectivity index (χ3v) is 4.98. The zero-order chi connectivity index (χ0) is 21.0. The predicted octanol–water partition coefficient (Wildman–Crippen LogP) is 4.28. The van der Waals surface area contributed by atoms with Crippen molar-refractivity contribution in [2.24, 2.45) is 0 Å². The summed E-state index contributed by atoms with van der Waals surface area (Å²) in [6.07, 6.45) is 0.605. The van der Waals surface area contributed by atoms with Crippen LogP contribution in [0.25, 0.3) is 0 Å². The van der Waals surface area contributed by atoms with Crippen LogP contribution < -0.4 is 24.3 Å². The SMILES string of the molecule is CC[C@@H](Oc1cccc(OC)c1)C(=O)N[C@@H]1CC(C)(C)Oc2cc(OC)ccc21. The summed E-state index contributed by atoms with van der Waals surface area (Å²) in [5.41, 5.74) is 0.530. The molecular weight excluding hydrogens is 370 g/mol. The second-order valence-corrected chi connectivity index (χ2v) is 7.72. The van der Waals surface area contributed by atoms with E-state index in [1.54, 1.807) is 20.3 Å². The fourth-order valence-corrected chi connectivity index (χ4v) is 3.51. The first-order valence-corrected chi connectivity index (χ1v) is 9.83. The van der Waals surface area contributed by atoms with E-state index in [2.05, 4.69) is 5.32 Å². The number of carbonyl (C=O) groups excluding carboxylic acids is 1. The van der Waals surface area contributed by atoms with Crippen LogP contribution in [0.5, 0.6) is 23.0 Å². The molecule has 6 nitrogen and oxygen atoms in total. The molecule has 0 spiro atoms. The fraction of sp³-hybridized carbons (Fsp3) is 0.435. The Labute approximate surface area is 172 Å². The third-order valence-electron chi connectivity index (χ3n) is 4.98. The van der Waals surface area contributed by atoms with Crippen LogP contribution in [0.3, 0.4) is 0 Å². The second kappa shape index (κ2) is 8.64. The molecule has 0 fully saturated rings. The number of hydrogen-bond donors (Lipinski definition) is 1. The molecule has 29 heavy (non-hydrogen) atoms. The van der Waals surface area contributed by atoms with Crippen molar-refractivity contribution in [3.63, 3.8) is 0 Å². The van der Waals surface area contributed by atoms with E-state index in [-0.39, 0.29) is 11.9 Å². The second-order valence-electron chi connectivity index (χ2n) is 7.72. The van der Waals surface area contributed by atoms with E-state index in [1.807, 2.05) is 57.2 Å². The monoisotopic (exact) mass is 399 g/mol. The van der Waals surface area contributed by atoms with Crippen molar-refractivity contribution in [1.29, 1.82) is 0 Å². The minimum atomic E-state index is -0.602. The molecule has 1 amide bonds. The van der Waals surface area contributed by atoms with Gasteiger partial charge in [-0.3, -0.25) is 4.79 Å². The summed E-state index contributed by atoms with van der Waals surface area (Å²) in [7, 11) is 3.22. The Morgan fingerprint density at radius 2 is 1.83 bits per heavy atom. The van der Waals surface area contributed by atoms with Gasteiger partial charge in [0.05, 0.1) is 20.3 Å². The highest BCUT2D eigenvalue weighted by Gasteiger charge is 2.36. The van der Waals surface area contributed by atoms with Gasteiger partial charge in [-0.25, -0.2) is 0 Å². The summed E-state index contributed by atoms with van der Waals surface area (Å²) < 4.78 is 22.6.